The van der Waals surface area contributed by atoms with Gasteiger partial charge in [0.25, 0.3) is 0 Å². The highest BCUT2D eigenvalue weighted by atomic mass is 32.1. The van der Waals surface area contributed by atoms with Crippen LogP contribution in [0.4, 0.5) is 0 Å². The summed E-state index contributed by atoms with van der Waals surface area (Å²) in [5.74, 6) is 0.0576. The number of rotatable bonds is 6. The van der Waals surface area contributed by atoms with Gasteiger partial charge in [0, 0.05) is 33.0 Å². The van der Waals surface area contributed by atoms with E-state index in [1.807, 2.05) is 11.9 Å². The van der Waals surface area contributed by atoms with E-state index in [1.54, 1.807) is 7.05 Å². The Hall–Kier alpha value is -0.680. The molecule has 0 aliphatic rings. The summed E-state index contributed by atoms with van der Waals surface area (Å²) in [6.45, 7) is 1.55. The number of nitrogens with one attached hydrogen (secondary N) is 1. The maximum Gasteiger partial charge on any atom is 0.221 e. The van der Waals surface area contributed by atoms with Gasteiger partial charge < -0.3 is 16.0 Å². The minimum atomic E-state index is 0.0576. The highest BCUT2D eigenvalue weighted by molar-refractivity contribution is 7.80. The molecule has 0 unspecified atom stereocenters. The predicted octanol–water partition coefficient (Wildman–Crippen LogP) is -0.269. The summed E-state index contributed by atoms with van der Waals surface area (Å²) in [6, 6.07) is 0. The lowest BCUT2D eigenvalue weighted by atomic mass is 10.3. The smallest absolute Gasteiger partial charge is 0.221 e. The van der Waals surface area contributed by atoms with E-state index in [9.17, 15) is 4.79 Å². The molecule has 0 aromatic rings. The zero-order valence-corrected chi connectivity index (χ0v) is 8.99. The van der Waals surface area contributed by atoms with Crippen molar-refractivity contribution in [2.75, 3.05) is 27.2 Å². The van der Waals surface area contributed by atoms with Crippen LogP contribution in [0.15, 0.2) is 0 Å². The number of nitrogens with zero attached hydrogens (tertiary/aromatic N) is 1. The third kappa shape index (κ3) is 7.67. The van der Waals surface area contributed by atoms with E-state index in [1.165, 1.54) is 0 Å². The average Bonchev–Trinajstić information content (AvgIpc) is 2.10. The lowest BCUT2D eigenvalue weighted by Gasteiger charge is -2.14. The van der Waals surface area contributed by atoms with Crippen LogP contribution < -0.4 is 11.1 Å². The first-order valence-corrected chi connectivity index (χ1v) is 4.64. The Labute approximate surface area is 84.5 Å². The lowest BCUT2D eigenvalue weighted by Crippen LogP contribution is -2.28. The molecule has 0 radical (unpaired) electrons. The van der Waals surface area contributed by atoms with Gasteiger partial charge in [0.15, 0.2) is 0 Å². The molecular formula is C8H17N3OS. The van der Waals surface area contributed by atoms with Gasteiger partial charge in [-0.15, -0.1) is 0 Å². The van der Waals surface area contributed by atoms with Crippen LogP contribution >= 0.6 is 12.2 Å². The summed E-state index contributed by atoms with van der Waals surface area (Å²) in [4.78, 5) is 13.4. The Kier molecular flexibility index (Phi) is 6.44. The van der Waals surface area contributed by atoms with Crippen LogP contribution in [0.1, 0.15) is 12.8 Å². The van der Waals surface area contributed by atoms with E-state index >= 15 is 0 Å². The fourth-order valence-corrected chi connectivity index (χ4v) is 0.922. The Morgan fingerprint density at radius 2 is 2.00 bits per heavy atom. The lowest BCUT2D eigenvalue weighted by molar-refractivity contribution is -0.120. The molecule has 5 heteroatoms. The number of thiocarbonyl (C=S) groups is 1. The number of carbonyl (C=O) groups excluding carboxylic acids is 1. The van der Waals surface area contributed by atoms with Crippen molar-refractivity contribution in [1.29, 1.82) is 0 Å². The van der Waals surface area contributed by atoms with Crippen molar-refractivity contribution in [3.8, 4) is 0 Å². The molecule has 3 N–H and O–H groups in total. The van der Waals surface area contributed by atoms with E-state index in [2.05, 4.69) is 5.32 Å². The van der Waals surface area contributed by atoms with Gasteiger partial charge in [-0.1, -0.05) is 12.2 Å². The van der Waals surface area contributed by atoms with Gasteiger partial charge in [-0.2, -0.15) is 0 Å². The molecule has 0 spiro atoms. The van der Waals surface area contributed by atoms with E-state index in [-0.39, 0.29) is 5.91 Å². The quantitative estimate of drug-likeness (QED) is 0.584. The van der Waals surface area contributed by atoms with Gasteiger partial charge in [-0.3, -0.25) is 4.79 Å². The fourth-order valence-electron chi connectivity index (χ4n) is 0.830. The van der Waals surface area contributed by atoms with Crippen molar-refractivity contribution in [1.82, 2.24) is 10.2 Å². The molecule has 0 bridgehead atoms. The van der Waals surface area contributed by atoms with Gasteiger partial charge in [0.1, 0.15) is 0 Å². The second-order valence-electron chi connectivity index (χ2n) is 2.94. The first kappa shape index (κ1) is 12.3. The van der Waals surface area contributed by atoms with Crippen LogP contribution in [0, 0.1) is 0 Å². The van der Waals surface area contributed by atoms with Crippen LogP contribution in [0.2, 0.25) is 0 Å². The Morgan fingerprint density at radius 1 is 1.46 bits per heavy atom. The van der Waals surface area contributed by atoms with Crippen LogP contribution in [-0.4, -0.2) is 43.0 Å². The molecule has 1 amide bonds. The van der Waals surface area contributed by atoms with Gasteiger partial charge in [0.2, 0.25) is 5.91 Å². The molecule has 0 aliphatic heterocycles. The number of hydrogen-bond acceptors (Lipinski definition) is 3. The monoisotopic (exact) mass is 203 g/mol. The topological polar surface area (TPSA) is 58.4 Å². The standard InChI is InChI=1S/C8H17N3OS/c1-10-8(12)4-6-11(2)5-3-7(9)13/h3-6H2,1-2H3,(H2,9,13)(H,10,12). The van der Waals surface area contributed by atoms with E-state index in [0.717, 1.165) is 13.1 Å². The molecular weight excluding hydrogens is 186 g/mol. The SMILES string of the molecule is CNC(=O)CCN(C)CCC(N)=S. The number of amides is 1. The Morgan fingerprint density at radius 3 is 2.46 bits per heavy atom. The fraction of sp³-hybridized carbons (Fsp3) is 0.750. The molecule has 0 aliphatic carbocycles. The molecule has 0 rings (SSSR count). The van der Waals surface area contributed by atoms with E-state index in [4.69, 9.17) is 18.0 Å². The molecule has 0 atom stereocenters. The molecule has 0 aromatic heterocycles. The van der Waals surface area contributed by atoms with Gasteiger partial charge in [-0.25, -0.2) is 0 Å². The van der Waals surface area contributed by atoms with Crippen molar-refractivity contribution in [3.63, 3.8) is 0 Å². The summed E-state index contributed by atoms with van der Waals surface area (Å²) in [5, 5.41) is 2.57. The number of hydrogen-bond donors (Lipinski definition) is 2. The van der Waals surface area contributed by atoms with Crippen molar-refractivity contribution in [2.24, 2.45) is 5.73 Å². The Balaban J connectivity index is 3.45. The Bertz CT molecular complexity index is 184. The summed E-state index contributed by atoms with van der Waals surface area (Å²) in [5.41, 5.74) is 5.35. The molecule has 13 heavy (non-hydrogen) atoms. The third-order valence-electron chi connectivity index (χ3n) is 1.74. The van der Waals surface area contributed by atoms with E-state index < -0.39 is 0 Å². The molecule has 0 saturated carbocycles. The molecule has 0 saturated heterocycles. The molecule has 4 nitrogen and oxygen atoms in total. The highest BCUT2D eigenvalue weighted by Crippen LogP contribution is 1.90. The second-order valence-corrected chi connectivity index (χ2v) is 3.47. The summed E-state index contributed by atoms with van der Waals surface area (Å²) in [6.07, 6.45) is 1.23. The summed E-state index contributed by atoms with van der Waals surface area (Å²) < 4.78 is 0. The minimum Gasteiger partial charge on any atom is -0.393 e. The van der Waals surface area contributed by atoms with Gasteiger partial charge >= 0.3 is 0 Å². The zero-order valence-electron chi connectivity index (χ0n) is 8.17. The van der Waals surface area contributed by atoms with E-state index in [0.29, 0.717) is 17.8 Å². The maximum absolute atomic E-state index is 10.9. The predicted molar refractivity (Wildman–Crippen MR) is 57.6 cm³/mol. The zero-order chi connectivity index (χ0) is 10.3. The minimum absolute atomic E-state index is 0.0576. The van der Waals surface area contributed by atoms with Crippen LogP contribution in [0.5, 0.6) is 0 Å². The number of nitrogens with two attached hydrogens (primary N) is 1. The van der Waals surface area contributed by atoms with Gasteiger partial charge in [-0.05, 0) is 7.05 Å². The van der Waals surface area contributed by atoms with Crippen LogP contribution in [-0.2, 0) is 4.79 Å². The molecule has 0 aromatic carbocycles. The molecule has 0 heterocycles. The highest BCUT2D eigenvalue weighted by Gasteiger charge is 2.02. The van der Waals surface area contributed by atoms with Crippen molar-refractivity contribution in [2.45, 2.75) is 12.8 Å². The van der Waals surface area contributed by atoms with Crippen LogP contribution in [0.25, 0.3) is 0 Å². The maximum atomic E-state index is 10.9. The third-order valence-corrected chi connectivity index (χ3v) is 1.94. The van der Waals surface area contributed by atoms with Crippen LogP contribution in [0.3, 0.4) is 0 Å². The summed E-state index contributed by atoms with van der Waals surface area (Å²) in [7, 11) is 3.58. The first-order chi connectivity index (χ1) is 6.06. The summed E-state index contributed by atoms with van der Waals surface area (Å²) >= 11 is 4.74. The van der Waals surface area contributed by atoms with Crippen molar-refractivity contribution in [3.05, 3.63) is 0 Å². The number of carbonyl (C=O) groups is 1. The molecule has 0 fully saturated rings. The molecule has 76 valence electrons. The van der Waals surface area contributed by atoms with Gasteiger partial charge in [0.05, 0.1) is 4.99 Å². The normalized spacial score (nSPS) is 10.1. The largest absolute Gasteiger partial charge is 0.393 e. The van der Waals surface area contributed by atoms with Crippen molar-refractivity contribution < 1.29 is 4.79 Å². The van der Waals surface area contributed by atoms with Crippen molar-refractivity contribution >= 4 is 23.1 Å². The first-order valence-electron chi connectivity index (χ1n) is 4.23. The second kappa shape index (κ2) is 6.80. The average molecular weight is 203 g/mol.